The van der Waals surface area contributed by atoms with Gasteiger partial charge in [-0.25, -0.2) is 0 Å². The number of carbonyl (C=O) groups is 1. The average molecular weight is 245 g/mol. The highest BCUT2D eigenvalue weighted by molar-refractivity contribution is 5.86. The number of aliphatic hydroxyl groups excluding tert-OH is 1. The van der Waals surface area contributed by atoms with E-state index in [2.05, 4.69) is 4.98 Å². The van der Waals surface area contributed by atoms with Gasteiger partial charge in [-0.1, -0.05) is 32.0 Å². The Balaban J connectivity index is 2.11. The number of aromatic amines is 1. The first kappa shape index (κ1) is 12.8. The molecule has 0 saturated heterocycles. The summed E-state index contributed by atoms with van der Waals surface area (Å²) in [7, 11) is 0. The maximum absolute atomic E-state index is 11.8. The molecule has 1 atom stereocenters. The number of hydrogen-bond acceptors (Lipinski definition) is 2. The van der Waals surface area contributed by atoms with Crippen LogP contribution >= 0.6 is 0 Å². The number of carbonyl (C=O) groups excluding carboxylic acids is 1. The van der Waals surface area contributed by atoms with Crippen LogP contribution in [0.25, 0.3) is 10.9 Å². The third-order valence-electron chi connectivity index (χ3n) is 3.07. The van der Waals surface area contributed by atoms with Gasteiger partial charge in [0, 0.05) is 29.9 Å². The number of benzene rings is 1. The molecule has 0 aliphatic carbocycles. The van der Waals surface area contributed by atoms with Crippen molar-refractivity contribution in [2.45, 2.75) is 32.8 Å². The Bertz CT molecular complexity index is 542. The summed E-state index contributed by atoms with van der Waals surface area (Å²) < 4.78 is 0. The number of rotatable bonds is 5. The van der Waals surface area contributed by atoms with Gasteiger partial charge in [0.1, 0.15) is 6.10 Å². The molecule has 0 saturated carbocycles. The van der Waals surface area contributed by atoms with Crippen LogP contribution < -0.4 is 0 Å². The van der Waals surface area contributed by atoms with Gasteiger partial charge in [-0.3, -0.25) is 4.79 Å². The Labute approximate surface area is 107 Å². The van der Waals surface area contributed by atoms with Crippen LogP contribution in [0.5, 0.6) is 0 Å². The fourth-order valence-corrected chi connectivity index (χ4v) is 2.16. The molecule has 2 rings (SSSR count). The molecule has 0 amide bonds. The first-order valence-corrected chi connectivity index (χ1v) is 6.33. The van der Waals surface area contributed by atoms with Crippen LogP contribution in [0.1, 0.15) is 25.8 Å². The van der Waals surface area contributed by atoms with Gasteiger partial charge < -0.3 is 10.1 Å². The van der Waals surface area contributed by atoms with Gasteiger partial charge in [-0.05, 0) is 17.5 Å². The van der Waals surface area contributed by atoms with E-state index in [4.69, 9.17) is 0 Å². The zero-order chi connectivity index (χ0) is 13.1. The topological polar surface area (TPSA) is 53.1 Å². The summed E-state index contributed by atoms with van der Waals surface area (Å²) in [5.74, 6) is 0.213. The van der Waals surface area contributed by atoms with Crippen molar-refractivity contribution >= 4 is 16.7 Å². The van der Waals surface area contributed by atoms with E-state index in [1.54, 1.807) is 0 Å². The number of aliphatic hydroxyl groups is 1. The summed E-state index contributed by atoms with van der Waals surface area (Å²) in [6.07, 6.45) is 1.79. The predicted octanol–water partition coefficient (Wildman–Crippen LogP) is 2.69. The predicted molar refractivity (Wildman–Crippen MR) is 72.5 cm³/mol. The quantitative estimate of drug-likeness (QED) is 0.851. The Morgan fingerprint density at radius 2 is 2.06 bits per heavy atom. The van der Waals surface area contributed by atoms with Gasteiger partial charge in [0.05, 0.1) is 0 Å². The van der Waals surface area contributed by atoms with E-state index < -0.39 is 6.10 Å². The number of para-hydroxylation sites is 1. The molecule has 2 aromatic rings. The van der Waals surface area contributed by atoms with E-state index in [0.717, 1.165) is 16.5 Å². The second-order valence-electron chi connectivity index (χ2n) is 5.14. The van der Waals surface area contributed by atoms with Crippen LogP contribution in [0.3, 0.4) is 0 Å². The zero-order valence-electron chi connectivity index (χ0n) is 10.8. The van der Waals surface area contributed by atoms with Gasteiger partial charge >= 0.3 is 0 Å². The van der Waals surface area contributed by atoms with Crippen molar-refractivity contribution in [2.24, 2.45) is 5.92 Å². The molecule has 0 aliphatic heterocycles. The lowest BCUT2D eigenvalue weighted by Gasteiger charge is -2.10. The third kappa shape index (κ3) is 2.79. The normalized spacial score (nSPS) is 13.1. The first-order chi connectivity index (χ1) is 8.58. The van der Waals surface area contributed by atoms with Gasteiger partial charge in [0.2, 0.25) is 0 Å². The van der Waals surface area contributed by atoms with E-state index in [9.17, 15) is 9.90 Å². The highest BCUT2D eigenvalue weighted by Crippen LogP contribution is 2.19. The van der Waals surface area contributed by atoms with Crippen LogP contribution in [0.15, 0.2) is 30.5 Å². The molecule has 0 bridgehead atoms. The van der Waals surface area contributed by atoms with Crippen molar-refractivity contribution in [3.05, 3.63) is 36.0 Å². The minimum Gasteiger partial charge on any atom is -0.385 e. The fraction of sp³-hybridized carbons (Fsp3) is 0.400. The minimum atomic E-state index is -0.897. The zero-order valence-corrected chi connectivity index (χ0v) is 10.8. The standard InChI is InChI=1S/C15H19NO2/c1-10(2)7-14(17)15(18)8-11-9-16-13-6-4-3-5-12(11)13/h3-6,9-10,15-16,18H,7-8H2,1-2H3/t15-/m1/s1. The average Bonchev–Trinajstić information content (AvgIpc) is 2.72. The smallest absolute Gasteiger partial charge is 0.161 e. The van der Waals surface area contributed by atoms with Crippen molar-refractivity contribution in [3.63, 3.8) is 0 Å². The summed E-state index contributed by atoms with van der Waals surface area (Å²) in [4.78, 5) is 14.9. The molecule has 96 valence electrons. The summed E-state index contributed by atoms with van der Waals surface area (Å²) >= 11 is 0. The van der Waals surface area contributed by atoms with E-state index in [1.807, 2.05) is 44.3 Å². The van der Waals surface area contributed by atoms with Crippen molar-refractivity contribution in [2.75, 3.05) is 0 Å². The van der Waals surface area contributed by atoms with Gasteiger partial charge in [-0.2, -0.15) is 0 Å². The monoisotopic (exact) mass is 245 g/mol. The highest BCUT2D eigenvalue weighted by Gasteiger charge is 2.18. The Morgan fingerprint density at radius 1 is 1.33 bits per heavy atom. The third-order valence-corrected chi connectivity index (χ3v) is 3.07. The molecule has 1 aromatic carbocycles. The fourth-order valence-electron chi connectivity index (χ4n) is 2.16. The number of Topliss-reactive ketones (excluding diaryl/α,β-unsaturated/α-hetero) is 1. The van der Waals surface area contributed by atoms with Gasteiger partial charge in [-0.15, -0.1) is 0 Å². The molecule has 0 radical (unpaired) electrons. The molecule has 3 nitrogen and oxygen atoms in total. The van der Waals surface area contributed by atoms with Gasteiger partial charge in [0.25, 0.3) is 0 Å². The molecule has 3 heteroatoms. The largest absolute Gasteiger partial charge is 0.385 e. The molecule has 1 heterocycles. The van der Waals surface area contributed by atoms with Crippen LogP contribution in [-0.2, 0) is 11.2 Å². The summed E-state index contributed by atoms with van der Waals surface area (Å²) in [5, 5.41) is 11.0. The Kier molecular flexibility index (Phi) is 3.82. The molecular weight excluding hydrogens is 226 g/mol. The number of H-pyrrole nitrogens is 1. The van der Waals surface area contributed by atoms with Crippen molar-refractivity contribution in [3.8, 4) is 0 Å². The second kappa shape index (κ2) is 5.36. The lowest BCUT2D eigenvalue weighted by Crippen LogP contribution is -2.24. The summed E-state index contributed by atoms with van der Waals surface area (Å²) in [6, 6.07) is 7.91. The molecule has 2 N–H and O–H groups in total. The Hall–Kier alpha value is -1.61. The van der Waals surface area contributed by atoms with Gasteiger partial charge in [0.15, 0.2) is 5.78 Å². The van der Waals surface area contributed by atoms with E-state index in [-0.39, 0.29) is 11.7 Å². The molecule has 0 spiro atoms. The maximum atomic E-state index is 11.8. The van der Waals surface area contributed by atoms with Crippen LogP contribution in [0, 0.1) is 5.92 Å². The molecule has 0 fully saturated rings. The van der Waals surface area contributed by atoms with E-state index in [0.29, 0.717) is 12.8 Å². The van der Waals surface area contributed by atoms with E-state index in [1.165, 1.54) is 0 Å². The number of ketones is 1. The Morgan fingerprint density at radius 3 is 2.78 bits per heavy atom. The molecule has 1 aromatic heterocycles. The van der Waals surface area contributed by atoms with Crippen molar-refractivity contribution in [1.29, 1.82) is 0 Å². The summed E-state index contributed by atoms with van der Waals surface area (Å²) in [5.41, 5.74) is 2.03. The van der Waals surface area contributed by atoms with Crippen LogP contribution in [0.2, 0.25) is 0 Å². The number of hydrogen-bond donors (Lipinski definition) is 2. The molecule has 18 heavy (non-hydrogen) atoms. The van der Waals surface area contributed by atoms with Crippen molar-refractivity contribution in [1.82, 2.24) is 4.98 Å². The first-order valence-electron chi connectivity index (χ1n) is 6.33. The maximum Gasteiger partial charge on any atom is 0.161 e. The second-order valence-corrected chi connectivity index (χ2v) is 5.14. The minimum absolute atomic E-state index is 0.0738. The van der Waals surface area contributed by atoms with Crippen molar-refractivity contribution < 1.29 is 9.90 Å². The van der Waals surface area contributed by atoms with Crippen LogP contribution in [-0.4, -0.2) is 22.0 Å². The molecule has 0 unspecified atom stereocenters. The lowest BCUT2D eigenvalue weighted by molar-refractivity contribution is -0.127. The number of aromatic nitrogens is 1. The molecule has 0 aliphatic rings. The highest BCUT2D eigenvalue weighted by atomic mass is 16.3. The van der Waals surface area contributed by atoms with Crippen LogP contribution in [0.4, 0.5) is 0 Å². The number of nitrogens with one attached hydrogen (secondary N) is 1. The number of fused-ring (bicyclic) bond motifs is 1. The van der Waals surface area contributed by atoms with E-state index >= 15 is 0 Å². The lowest BCUT2D eigenvalue weighted by atomic mass is 9.98. The SMILES string of the molecule is CC(C)CC(=O)[C@H](O)Cc1c[nH]c2ccccc12. The molecular formula is C15H19NO2. The summed E-state index contributed by atoms with van der Waals surface area (Å²) in [6.45, 7) is 3.96.